The van der Waals surface area contributed by atoms with Crippen molar-refractivity contribution < 1.29 is 14.3 Å². The summed E-state index contributed by atoms with van der Waals surface area (Å²) in [4.78, 5) is 21.7. The zero-order chi connectivity index (χ0) is 20.4. The molecule has 0 fully saturated rings. The molecule has 2 aromatic carbocycles. The molecule has 6 heteroatoms. The summed E-state index contributed by atoms with van der Waals surface area (Å²) in [7, 11) is 3.25. The van der Waals surface area contributed by atoms with Gasteiger partial charge in [-0.05, 0) is 42.7 Å². The van der Waals surface area contributed by atoms with Crippen molar-refractivity contribution in [3.63, 3.8) is 0 Å². The summed E-state index contributed by atoms with van der Waals surface area (Å²) < 4.78 is 10.8. The van der Waals surface area contributed by atoms with Gasteiger partial charge in [-0.15, -0.1) is 0 Å². The predicted octanol–water partition coefficient (Wildman–Crippen LogP) is 4.46. The van der Waals surface area contributed by atoms with E-state index in [4.69, 9.17) is 9.47 Å². The van der Waals surface area contributed by atoms with Crippen molar-refractivity contribution in [2.45, 2.75) is 25.7 Å². The average molecular weight is 389 g/mol. The van der Waals surface area contributed by atoms with E-state index in [0.29, 0.717) is 24.4 Å². The van der Waals surface area contributed by atoms with Gasteiger partial charge in [0.15, 0.2) is 5.78 Å². The Morgan fingerprint density at radius 1 is 1.07 bits per heavy atom. The second-order valence-corrected chi connectivity index (χ2v) is 7.18. The molecule has 1 aromatic heterocycles. The van der Waals surface area contributed by atoms with Crippen LogP contribution in [0.3, 0.4) is 0 Å². The highest BCUT2D eigenvalue weighted by Crippen LogP contribution is 2.38. The van der Waals surface area contributed by atoms with Crippen LogP contribution in [0.2, 0.25) is 0 Å². The summed E-state index contributed by atoms with van der Waals surface area (Å²) in [5.74, 6) is 1.98. The number of benzene rings is 2. The molecule has 1 aliphatic rings. The monoisotopic (exact) mass is 389 g/mol. The highest BCUT2D eigenvalue weighted by molar-refractivity contribution is 5.98. The molecule has 1 heterocycles. The number of hydrogen-bond acceptors (Lipinski definition) is 6. The van der Waals surface area contributed by atoms with Gasteiger partial charge >= 0.3 is 0 Å². The molecule has 0 spiro atoms. The first kappa shape index (κ1) is 18.9. The normalized spacial score (nSPS) is 15.6. The lowest BCUT2D eigenvalue weighted by Crippen LogP contribution is -2.21. The highest BCUT2D eigenvalue weighted by atomic mass is 16.5. The molecule has 1 unspecified atom stereocenters. The Morgan fingerprint density at radius 2 is 1.93 bits per heavy atom. The molecular weight excluding hydrogens is 366 g/mol. The Kier molecular flexibility index (Phi) is 5.16. The minimum Gasteiger partial charge on any atom is -0.497 e. The quantitative estimate of drug-likeness (QED) is 0.695. The van der Waals surface area contributed by atoms with E-state index in [9.17, 15) is 4.79 Å². The number of methoxy groups -OCH3 is 2. The van der Waals surface area contributed by atoms with Gasteiger partial charge in [0.1, 0.15) is 11.5 Å². The van der Waals surface area contributed by atoms with Gasteiger partial charge in [0, 0.05) is 30.3 Å². The van der Waals surface area contributed by atoms with Crippen molar-refractivity contribution in [2.75, 3.05) is 19.5 Å². The van der Waals surface area contributed by atoms with Crippen molar-refractivity contribution in [3.8, 4) is 11.5 Å². The van der Waals surface area contributed by atoms with Gasteiger partial charge in [-0.3, -0.25) is 4.79 Å². The zero-order valence-electron chi connectivity index (χ0n) is 16.7. The number of carbonyl (C=O) groups is 1. The lowest BCUT2D eigenvalue weighted by molar-refractivity contribution is 0.0962. The lowest BCUT2D eigenvalue weighted by Gasteiger charge is -2.25. The van der Waals surface area contributed by atoms with Gasteiger partial charge < -0.3 is 14.8 Å². The molecule has 0 aliphatic heterocycles. The van der Waals surface area contributed by atoms with Gasteiger partial charge in [0.2, 0.25) is 5.95 Å². The fourth-order valence-corrected chi connectivity index (χ4v) is 3.73. The largest absolute Gasteiger partial charge is 0.497 e. The summed E-state index contributed by atoms with van der Waals surface area (Å²) in [5, 5.41) is 3.23. The molecule has 4 rings (SSSR count). The number of Topliss-reactive ketones (excluding diaryl/α,β-unsaturated/α-hetero) is 1. The molecule has 0 radical (unpaired) electrons. The first-order valence-corrected chi connectivity index (χ1v) is 9.52. The fraction of sp³-hybridized carbons (Fsp3) is 0.261. The molecule has 1 aliphatic carbocycles. The van der Waals surface area contributed by atoms with Gasteiger partial charge in [-0.25, -0.2) is 9.97 Å². The third kappa shape index (κ3) is 3.92. The van der Waals surface area contributed by atoms with Crippen LogP contribution in [0.5, 0.6) is 11.5 Å². The summed E-state index contributed by atoms with van der Waals surface area (Å²) in [6.45, 7) is 2.03. The topological polar surface area (TPSA) is 73.3 Å². The van der Waals surface area contributed by atoms with Crippen molar-refractivity contribution in [3.05, 3.63) is 71.0 Å². The van der Waals surface area contributed by atoms with Crippen LogP contribution in [-0.4, -0.2) is 30.0 Å². The number of nitrogens with zero attached hydrogens (tertiary/aromatic N) is 2. The average Bonchev–Trinajstić information content (AvgIpc) is 2.73. The maximum Gasteiger partial charge on any atom is 0.227 e. The van der Waals surface area contributed by atoms with Crippen LogP contribution < -0.4 is 14.8 Å². The smallest absolute Gasteiger partial charge is 0.227 e. The van der Waals surface area contributed by atoms with E-state index in [1.54, 1.807) is 20.4 Å². The Morgan fingerprint density at radius 3 is 2.69 bits per heavy atom. The maximum atomic E-state index is 12.7. The van der Waals surface area contributed by atoms with Crippen LogP contribution >= 0.6 is 0 Å². The summed E-state index contributed by atoms with van der Waals surface area (Å²) in [6, 6.07) is 13.7. The first-order valence-electron chi connectivity index (χ1n) is 9.52. The zero-order valence-corrected chi connectivity index (χ0v) is 16.7. The van der Waals surface area contributed by atoms with Crippen molar-refractivity contribution in [1.29, 1.82) is 0 Å². The molecule has 6 nitrogen and oxygen atoms in total. The number of aromatic nitrogens is 2. The molecule has 29 heavy (non-hydrogen) atoms. The molecule has 0 amide bonds. The van der Waals surface area contributed by atoms with Crippen LogP contribution in [0.15, 0.2) is 48.7 Å². The van der Waals surface area contributed by atoms with Gasteiger partial charge in [0.25, 0.3) is 0 Å². The standard InChI is InChI=1S/C23H23N3O3/c1-14-5-4-6-16(9-14)25-23-24-13-19-20(26-23)10-15(11-21(19)27)18-8-7-17(28-2)12-22(18)29-3/h4-9,12-13,15H,10-11H2,1-3H3,(H,24,25,26). The Labute approximate surface area is 169 Å². The van der Waals surface area contributed by atoms with Crippen LogP contribution in [0.4, 0.5) is 11.6 Å². The van der Waals surface area contributed by atoms with E-state index in [2.05, 4.69) is 15.3 Å². The van der Waals surface area contributed by atoms with E-state index in [1.165, 1.54) is 0 Å². The van der Waals surface area contributed by atoms with Crippen molar-refractivity contribution in [1.82, 2.24) is 9.97 Å². The lowest BCUT2D eigenvalue weighted by atomic mass is 9.82. The number of fused-ring (bicyclic) bond motifs is 1. The number of ketones is 1. The number of hydrogen-bond donors (Lipinski definition) is 1. The second-order valence-electron chi connectivity index (χ2n) is 7.18. The Bertz CT molecular complexity index is 1060. The minimum atomic E-state index is -0.00224. The highest BCUT2D eigenvalue weighted by Gasteiger charge is 2.30. The summed E-state index contributed by atoms with van der Waals surface area (Å²) >= 11 is 0. The second kappa shape index (κ2) is 7.91. The van der Waals surface area contributed by atoms with Crippen LogP contribution in [0.25, 0.3) is 0 Å². The van der Waals surface area contributed by atoms with Crippen LogP contribution in [0, 0.1) is 6.92 Å². The van der Waals surface area contributed by atoms with E-state index in [0.717, 1.165) is 34.0 Å². The molecule has 148 valence electrons. The van der Waals surface area contributed by atoms with E-state index in [1.807, 2.05) is 49.4 Å². The van der Waals surface area contributed by atoms with Crippen molar-refractivity contribution in [2.24, 2.45) is 0 Å². The molecule has 1 atom stereocenters. The minimum absolute atomic E-state index is 0.00224. The third-order valence-corrected chi connectivity index (χ3v) is 5.19. The summed E-state index contributed by atoms with van der Waals surface area (Å²) in [6.07, 6.45) is 2.68. The van der Waals surface area contributed by atoms with Crippen molar-refractivity contribution >= 4 is 17.4 Å². The number of carbonyl (C=O) groups excluding carboxylic acids is 1. The molecule has 1 N–H and O–H groups in total. The molecule has 0 saturated heterocycles. The first-order chi connectivity index (χ1) is 14.1. The van der Waals surface area contributed by atoms with Gasteiger partial charge in [0.05, 0.1) is 25.5 Å². The van der Waals surface area contributed by atoms with E-state index < -0.39 is 0 Å². The number of aryl methyl sites for hydroxylation is 1. The van der Waals surface area contributed by atoms with E-state index in [-0.39, 0.29) is 11.7 Å². The SMILES string of the molecule is COc1ccc(C2CC(=O)c3cnc(Nc4cccc(C)c4)nc3C2)c(OC)c1. The predicted molar refractivity (Wildman–Crippen MR) is 111 cm³/mol. The molecular formula is C23H23N3O3. The van der Waals surface area contributed by atoms with Crippen LogP contribution in [0.1, 0.15) is 39.5 Å². The fourth-order valence-electron chi connectivity index (χ4n) is 3.73. The Balaban J connectivity index is 1.63. The van der Waals surface area contributed by atoms with E-state index >= 15 is 0 Å². The molecule has 0 saturated carbocycles. The molecule has 3 aromatic rings. The molecule has 0 bridgehead atoms. The summed E-state index contributed by atoms with van der Waals surface area (Å²) in [5.41, 5.74) is 4.41. The number of ether oxygens (including phenoxy) is 2. The number of nitrogens with one attached hydrogen (secondary N) is 1. The maximum absolute atomic E-state index is 12.7. The number of rotatable bonds is 5. The third-order valence-electron chi connectivity index (χ3n) is 5.19. The number of anilines is 2. The van der Waals surface area contributed by atoms with Gasteiger partial charge in [-0.2, -0.15) is 0 Å². The van der Waals surface area contributed by atoms with Gasteiger partial charge in [-0.1, -0.05) is 18.2 Å². The van der Waals surface area contributed by atoms with Crippen LogP contribution in [-0.2, 0) is 6.42 Å². The Hall–Kier alpha value is -3.41.